The van der Waals surface area contributed by atoms with Crippen molar-refractivity contribution in [1.82, 2.24) is 8.75 Å². The molecule has 1 aromatic heterocycles. The van der Waals surface area contributed by atoms with Crippen LogP contribution in [-0.2, 0) is 4.79 Å². The maximum atomic E-state index is 12.0. The highest BCUT2D eigenvalue weighted by atomic mass is 35.5. The third-order valence-electron chi connectivity index (χ3n) is 2.53. The number of hydrogen-bond acceptors (Lipinski definition) is 5. The fourth-order valence-corrected chi connectivity index (χ4v) is 2.47. The van der Waals surface area contributed by atoms with Gasteiger partial charge >= 0.3 is 0 Å². The van der Waals surface area contributed by atoms with Gasteiger partial charge in [0, 0.05) is 0 Å². The quantitative estimate of drug-likeness (QED) is 0.920. The van der Waals surface area contributed by atoms with Crippen molar-refractivity contribution >= 4 is 57.6 Å². The van der Waals surface area contributed by atoms with Gasteiger partial charge in [-0.1, -0.05) is 23.2 Å². The van der Waals surface area contributed by atoms with E-state index in [2.05, 4.69) is 14.1 Å². The summed E-state index contributed by atoms with van der Waals surface area (Å²) in [6, 6.07) is 3.41. The van der Waals surface area contributed by atoms with Gasteiger partial charge in [-0.2, -0.15) is 14.0 Å². The monoisotopic (exact) mass is 314 g/mol. The lowest BCUT2D eigenvalue weighted by molar-refractivity contribution is -0.121. The van der Waals surface area contributed by atoms with Gasteiger partial charge in [0.05, 0.1) is 33.5 Å². The van der Waals surface area contributed by atoms with Crippen LogP contribution in [0.3, 0.4) is 0 Å². The summed E-state index contributed by atoms with van der Waals surface area (Å²) in [5.74, 6) is -0.464. The molecule has 8 heteroatoms. The third kappa shape index (κ3) is 2.50. The number of anilines is 1. The minimum Gasteiger partial charge on any atom is -0.322 e. The van der Waals surface area contributed by atoms with Crippen molar-refractivity contribution in [3.8, 4) is 6.07 Å². The number of amides is 1. The predicted molar refractivity (Wildman–Crippen MR) is 75.5 cm³/mol. The third-order valence-corrected chi connectivity index (χ3v) is 3.64. The van der Waals surface area contributed by atoms with Crippen LogP contribution in [-0.4, -0.2) is 14.7 Å². The molecule has 1 N–H and O–H groups in total. The second-order valence-corrected chi connectivity index (χ2v) is 5.71. The van der Waals surface area contributed by atoms with Gasteiger partial charge < -0.3 is 5.32 Å². The standard InChI is InChI=1S/C11H8Cl2N4OS/c1-11(2,4-14)10(18)15-7-5(12)3-6(13)8-9(7)17-19-16-8/h3H,1-2H3,(H,15,18). The molecule has 0 aliphatic heterocycles. The Kier molecular flexibility index (Phi) is 3.63. The Bertz CT molecular complexity index is 705. The molecule has 0 spiro atoms. The summed E-state index contributed by atoms with van der Waals surface area (Å²) >= 11 is 13.0. The van der Waals surface area contributed by atoms with E-state index in [1.165, 1.54) is 19.9 Å². The number of halogens is 2. The number of rotatable bonds is 2. The van der Waals surface area contributed by atoms with Gasteiger partial charge in [-0.05, 0) is 19.9 Å². The largest absolute Gasteiger partial charge is 0.322 e. The van der Waals surface area contributed by atoms with E-state index in [4.69, 9.17) is 28.5 Å². The van der Waals surface area contributed by atoms with Crippen LogP contribution in [0.5, 0.6) is 0 Å². The van der Waals surface area contributed by atoms with Crippen molar-refractivity contribution in [1.29, 1.82) is 5.26 Å². The van der Waals surface area contributed by atoms with Crippen LogP contribution in [0.2, 0.25) is 10.0 Å². The fraction of sp³-hybridized carbons (Fsp3) is 0.273. The lowest BCUT2D eigenvalue weighted by Gasteiger charge is -2.16. The zero-order valence-electron chi connectivity index (χ0n) is 9.99. The molecule has 5 nitrogen and oxygen atoms in total. The summed E-state index contributed by atoms with van der Waals surface area (Å²) < 4.78 is 8.10. The lowest BCUT2D eigenvalue weighted by atomic mass is 9.94. The Morgan fingerprint density at radius 2 is 2.00 bits per heavy atom. The Balaban J connectivity index is 2.50. The molecular weight excluding hydrogens is 307 g/mol. The Hall–Kier alpha value is -1.42. The average molecular weight is 315 g/mol. The molecule has 0 saturated carbocycles. The first-order chi connectivity index (χ1) is 8.86. The Morgan fingerprint density at radius 1 is 1.37 bits per heavy atom. The molecule has 0 radical (unpaired) electrons. The Labute approximate surface area is 123 Å². The second kappa shape index (κ2) is 4.93. The molecule has 0 aliphatic rings. The first-order valence-electron chi connectivity index (χ1n) is 5.20. The molecule has 0 aliphatic carbocycles. The molecule has 19 heavy (non-hydrogen) atoms. The van der Waals surface area contributed by atoms with Crippen LogP contribution in [0.15, 0.2) is 6.07 Å². The van der Waals surface area contributed by atoms with E-state index in [-0.39, 0.29) is 5.02 Å². The number of carbonyl (C=O) groups is 1. The lowest BCUT2D eigenvalue weighted by Crippen LogP contribution is -2.29. The van der Waals surface area contributed by atoms with E-state index in [1.54, 1.807) is 0 Å². The zero-order valence-corrected chi connectivity index (χ0v) is 12.3. The molecule has 1 amide bonds. The molecule has 98 valence electrons. The van der Waals surface area contributed by atoms with Crippen LogP contribution in [0.1, 0.15) is 13.8 Å². The maximum absolute atomic E-state index is 12.0. The SMILES string of the molecule is CC(C)(C#N)C(=O)Nc1c(Cl)cc(Cl)c2nsnc12. The van der Waals surface area contributed by atoms with E-state index in [0.717, 1.165) is 11.7 Å². The van der Waals surface area contributed by atoms with Gasteiger partial charge in [0.15, 0.2) is 0 Å². The first kappa shape index (κ1) is 14.0. The normalized spacial score (nSPS) is 11.3. The van der Waals surface area contributed by atoms with Gasteiger partial charge in [0.25, 0.3) is 0 Å². The number of aromatic nitrogens is 2. The van der Waals surface area contributed by atoms with Crippen LogP contribution in [0, 0.1) is 16.7 Å². The average Bonchev–Trinajstić information content (AvgIpc) is 2.83. The summed E-state index contributed by atoms with van der Waals surface area (Å²) in [4.78, 5) is 12.0. The minimum absolute atomic E-state index is 0.257. The van der Waals surface area contributed by atoms with Crippen LogP contribution >= 0.6 is 34.9 Å². The van der Waals surface area contributed by atoms with Crippen LogP contribution in [0.25, 0.3) is 11.0 Å². The highest BCUT2D eigenvalue weighted by Gasteiger charge is 2.29. The number of hydrogen-bond donors (Lipinski definition) is 1. The van der Waals surface area contributed by atoms with Crippen molar-refractivity contribution in [3.05, 3.63) is 16.1 Å². The molecular formula is C11H8Cl2N4OS. The first-order valence-corrected chi connectivity index (χ1v) is 6.68. The predicted octanol–water partition coefficient (Wildman–Crippen LogP) is 3.49. The van der Waals surface area contributed by atoms with Gasteiger partial charge in [0.2, 0.25) is 5.91 Å². The van der Waals surface area contributed by atoms with Gasteiger partial charge in [-0.25, -0.2) is 0 Å². The maximum Gasteiger partial charge on any atom is 0.244 e. The van der Waals surface area contributed by atoms with Gasteiger partial charge in [-0.3, -0.25) is 4.79 Å². The highest BCUT2D eigenvalue weighted by Crippen LogP contribution is 2.35. The summed E-state index contributed by atoms with van der Waals surface area (Å²) in [5, 5.41) is 12.2. The van der Waals surface area contributed by atoms with E-state index < -0.39 is 11.3 Å². The van der Waals surface area contributed by atoms with Crippen molar-refractivity contribution in [2.45, 2.75) is 13.8 Å². The Morgan fingerprint density at radius 3 is 2.63 bits per heavy atom. The minimum atomic E-state index is -1.17. The molecule has 0 atom stereocenters. The molecule has 2 rings (SSSR count). The molecule has 0 unspecified atom stereocenters. The summed E-state index contributed by atoms with van der Waals surface area (Å²) in [5.41, 5.74) is 0.0486. The summed E-state index contributed by atoms with van der Waals surface area (Å²) in [6.45, 7) is 3.03. The number of nitrogens with zero attached hydrogens (tertiary/aromatic N) is 3. The van der Waals surface area contributed by atoms with Crippen molar-refractivity contribution in [2.24, 2.45) is 5.41 Å². The number of nitriles is 1. The molecule has 1 aromatic carbocycles. The topological polar surface area (TPSA) is 78.7 Å². The number of nitrogens with one attached hydrogen (secondary N) is 1. The van der Waals surface area contributed by atoms with Crippen molar-refractivity contribution in [3.63, 3.8) is 0 Å². The van der Waals surface area contributed by atoms with Gasteiger partial charge in [0.1, 0.15) is 16.4 Å². The molecule has 0 bridgehead atoms. The highest BCUT2D eigenvalue weighted by molar-refractivity contribution is 7.00. The molecule has 0 saturated heterocycles. The van der Waals surface area contributed by atoms with Crippen molar-refractivity contribution in [2.75, 3.05) is 5.32 Å². The number of benzene rings is 1. The van der Waals surface area contributed by atoms with Crippen molar-refractivity contribution < 1.29 is 4.79 Å². The van der Waals surface area contributed by atoms with Crippen LogP contribution < -0.4 is 5.32 Å². The zero-order chi connectivity index (χ0) is 14.2. The van der Waals surface area contributed by atoms with E-state index in [0.29, 0.717) is 21.7 Å². The number of carbonyl (C=O) groups excluding carboxylic acids is 1. The summed E-state index contributed by atoms with van der Waals surface area (Å²) in [6.07, 6.45) is 0. The second-order valence-electron chi connectivity index (χ2n) is 4.37. The molecule has 1 heterocycles. The molecule has 0 fully saturated rings. The van der Waals surface area contributed by atoms with E-state index >= 15 is 0 Å². The van der Waals surface area contributed by atoms with Crippen LogP contribution in [0.4, 0.5) is 5.69 Å². The van der Waals surface area contributed by atoms with E-state index in [1.807, 2.05) is 6.07 Å². The van der Waals surface area contributed by atoms with E-state index in [9.17, 15) is 4.79 Å². The molecule has 2 aromatic rings. The number of fused-ring (bicyclic) bond motifs is 1. The summed E-state index contributed by atoms with van der Waals surface area (Å²) in [7, 11) is 0. The van der Waals surface area contributed by atoms with Gasteiger partial charge in [-0.15, -0.1) is 0 Å². The fourth-order valence-electron chi connectivity index (χ4n) is 1.31. The smallest absolute Gasteiger partial charge is 0.244 e.